The highest BCUT2D eigenvalue weighted by molar-refractivity contribution is 5.86. The lowest BCUT2D eigenvalue weighted by Crippen LogP contribution is -2.24. The summed E-state index contributed by atoms with van der Waals surface area (Å²) in [5.41, 5.74) is 1.72. The van der Waals surface area contributed by atoms with E-state index in [0.29, 0.717) is 0 Å². The lowest BCUT2D eigenvalue weighted by atomic mass is 10.2. The number of ether oxygens (including phenoxy) is 1. The number of hydrazone groups is 1. The maximum atomic E-state index is 11.6. The van der Waals surface area contributed by atoms with Gasteiger partial charge in [0.1, 0.15) is 11.5 Å². The third kappa shape index (κ3) is 4.99. The van der Waals surface area contributed by atoms with Gasteiger partial charge in [-0.15, -0.1) is 0 Å². The number of carbonyl (C=O) groups excluding carboxylic acids is 1. The summed E-state index contributed by atoms with van der Waals surface area (Å²) in [6, 6.07) is 8.65. The third-order valence-corrected chi connectivity index (χ3v) is 3.01. The second-order valence-electron chi connectivity index (χ2n) is 4.84. The van der Waals surface area contributed by atoms with E-state index in [9.17, 15) is 30.1 Å². The van der Waals surface area contributed by atoms with Crippen molar-refractivity contribution < 1.29 is 24.5 Å². The quantitative estimate of drug-likeness (QED) is 0.432. The average Bonchev–Trinajstić information content (AvgIpc) is 2.61. The molecule has 0 saturated heterocycles. The van der Waals surface area contributed by atoms with Gasteiger partial charge in [-0.25, -0.2) is 5.43 Å². The van der Waals surface area contributed by atoms with E-state index in [1.54, 1.807) is 0 Å². The Hall–Kier alpha value is -4.02. The molecule has 2 aromatic carbocycles. The molecule has 0 saturated carbocycles. The highest BCUT2D eigenvalue weighted by Gasteiger charge is 2.10. The first-order valence-electron chi connectivity index (χ1n) is 7.03. The Balaban J connectivity index is 1.92. The minimum absolute atomic E-state index is 0.0408. The highest BCUT2D eigenvalue weighted by atomic mass is 16.6. The van der Waals surface area contributed by atoms with Gasteiger partial charge in [-0.1, -0.05) is 6.07 Å². The second-order valence-corrected chi connectivity index (χ2v) is 4.84. The minimum Gasteiger partial charge on any atom is -0.507 e. The number of amides is 1. The predicted molar refractivity (Wildman–Crippen MR) is 89.1 cm³/mol. The van der Waals surface area contributed by atoms with Crippen LogP contribution in [0.2, 0.25) is 0 Å². The number of phenols is 1. The van der Waals surface area contributed by atoms with E-state index in [-0.39, 0.29) is 28.4 Å². The number of phenolic OH excluding ortho intramolecular Hbond substituents is 1. The number of hydrogen-bond donors (Lipinski definition) is 2. The zero-order valence-electron chi connectivity index (χ0n) is 13.1. The first kappa shape index (κ1) is 18.3. The molecule has 2 rings (SSSR count). The van der Waals surface area contributed by atoms with Crippen LogP contribution < -0.4 is 10.2 Å². The molecule has 2 N–H and O–H groups in total. The topological polar surface area (TPSA) is 157 Å². The van der Waals surface area contributed by atoms with Gasteiger partial charge in [-0.05, 0) is 12.1 Å². The van der Waals surface area contributed by atoms with E-state index >= 15 is 0 Å². The van der Waals surface area contributed by atoms with Gasteiger partial charge in [0.25, 0.3) is 17.3 Å². The molecule has 0 aliphatic carbocycles. The number of aromatic hydroxyl groups is 1. The molecule has 0 radical (unpaired) electrons. The van der Waals surface area contributed by atoms with Crippen molar-refractivity contribution in [2.24, 2.45) is 5.10 Å². The van der Waals surface area contributed by atoms with Gasteiger partial charge in [0.2, 0.25) is 0 Å². The molecule has 0 unspecified atom stereocenters. The van der Waals surface area contributed by atoms with Crippen LogP contribution in [-0.4, -0.2) is 33.7 Å². The Morgan fingerprint density at radius 1 is 1.15 bits per heavy atom. The number of rotatable bonds is 7. The predicted octanol–water partition coefficient (Wildman–Crippen LogP) is 1.74. The van der Waals surface area contributed by atoms with Crippen molar-refractivity contribution in [3.8, 4) is 11.5 Å². The molecule has 0 aliphatic rings. The zero-order valence-corrected chi connectivity index (χ0v) is 13.1. The molecule has 11 nitrogen and oxygen atoms in total. The Morgan fingerprint density at radius 3 is 2.54 bits per heavy atom. The minimum atomic E-state index is -0.669. The maximum Gasteiger partial charge on any atom is 0.277 e. The van der Waals surface area contributed by atoms with Crippen LogP contribution in [0.3, 0.4) is 0 Å². The maximum absolute atomic E-state index is 11.6. The number of carbonyl (C=O) groups is 1. The molecule has 0 aliphatic heterocycles. The Kier molecular flexibility index (Phi) is 5.77. The Labute approximate surface area is 145 Å². The van der Waals surface area contributed by atoms with Crippen molar-refractivity contribution in [2.75, 3.05) is 6.61 Å². The normalized spacial score (nSPS) is 10.5. The Bertz CT molecular complexity index is 882. The molecule has 2 aromatic rings. The summed E-state index contributed by atoms with van der Waals surface area (Å²) in [4.78, 5) is 31.7. The first-order chi connectivity index (χ1) is 12.4. The SMILES string of the molecule is O=C(COc1cccc([N+](=O)[O-])c1)N/N=C/c1cc([N+](=O)[O-])ccc1O. The van der Waals surface area contributed by atoms with Gasteiger partial charge in [0, 0.05) is 23.8 Å². The van der Waals surface area contributed by atoms with Gasteiger partial charge >= 0.3 is 0 Å². The summed E-state index contributed by atoms with van der Waals surface area (Å²) >= 11 is 0. The monoisotopic (exact) mass is 360 g/mol. The van der Waals surface area contributed by atoms with E-state index in [2.05, 4.69) is 10.5 Å². The molecule has 0 atom stereocenters. The number of nitro groups is 2. The van der Waals surface area contributed by atoms with Crippen molar-refractivity contribution in [1.82, 2.24) is 5.43 Å². The van der Waals surface area contributed by atoms with Crippen molar-refractivity contribution in [1.29, 1.82) is 0 Å². The molecule has 11 heteroatoms. The van der Waals surface area contributed by atoms with Gasteiger partial charge < -0.3 is 9.84 Å². The molecule has 0 aromatic heterocycles. The fourth-order valence-corrected chi connectivity index (χ4v) is 1.80. The van der Waals surface area contributed by atoms with Crippen LogP contribution >= 0.6 is 0 Å². The van der Waals surface area contributed by atoms with Crippen LogP contribution in [0.4, 0.5) is 11.4 Å². The van der Waals surface area contributed by atoms with Gasteiger partial charge in [-0.2, -0.15) is 5.10 Å². The average molecular weight is 360 g/mol. The van der Waals surface area contributed by atoms with Crippen molar-refractivity contribution in [3.63, 3.8) is 0 Å². The summed E-state index contributed by atoms with van der Waals surface area (Å²) in [6.45, 7) is -0.459. The molecule has 1 amide bonds. The van der Waals surface area contributed by atoms with Gasteiger partial charge in [0.05, 0.1) is 22.1 Å². The molecule has 26 heavy (non-hydrogen) atoms. The second kappa shape index (κ2) is 8.19. The summed E-state index contributed by atoms with van der Waals surface area (Å²) in [7, 11) is 0. The van der Waals surface area contributed by atoms with Crippen LogP contribution in [0.5, 0.6) is 11.5 Å². The lowest BCUT2D eigenvalue weighted by Gasteiger charge is -2.04. The van der Waals surface area contributed by atoms with E-state index in [1.807, 2.05) is 0 Å². The number of nitro benzene ring substituents is 2. The molecule has 0 bridgehead atoms. The Morgan fingerprint density at radius 2 is 1.85 bits per heavy atom. The van der Waals surface area contributed by atoms with E-state index in [4.69, 9.17) is 4.74 Å². The largest absolute Gasteiger partial charge is 0.507 e. The lowest BCUT2D eigenvalue weighted by molar-refractivity contribution is -0.385. The van der Waals surface area contributed by atoms with Gasteiger partial charge in [0.15, 0.2) is 6.61 Å². The van der Waals surface area contributed by atoms with Crippen LogP contribution in [0.25, 0.3) is 0 Å². The number of benzene rings is 2. The fraction of sp³-hybridized carbons (Fsp3) is 0.0667. The van der Waals surface area contributed by atoms with Crippen molar-refractivity contribution >= 4 is 23.5 Å². The summed E-state index contributed by atoms with van der Waals surface area (Å²) in [6.07, 6.45) is 1.04. The van der Waals surface area contributed by atoms with Crippen molar-refractivity contribution in [2.45, 2.75) is 0 Å². The summed E-state index contributed by atoms with van der Waals surface area (Å²) < 4.78 is 5.11. The summed E-state index contributed by atoms with van der Waals surface area (Å²) in [5.74, 6) is -0.784. The number of non-ortho nitro benzene ring substituents is 2. The number of nitrogens with one attached hydrogen (secondary N) is 1. The molecule has 0 fully saturated rings. The number of hydrogen-bond acceptors (Lipinski definition) is 8. The first-order valence-corrected chi connectivity index (χ1v) is 7.03. The van der Waals surface area contributed by atoms with E-state index in [1.165, 1.54) is 18.2 Å². The fourth-order valence-electron chi connectivity index (χ4n) is 1.80. The van der Waals surface area contributed by atoms with E-state index in [0.717, 1.165) is 30.5 Å². The van der Waals surface area contributed by atoms with Crippen molar-refractivity contribution in [3.05, 3.63) is 68.3 Å². The zero-order chi connectivity index (χ0) is 19.1. The van der Waals surface area contributed by atoms with Gasteiger partial charge in [-0.3, -0.25) is 25.0 Å². The molecular weight excluding hydrogens is 348 g/mol. The number of nitrogens with zero attached hydrogens (tertiary/aromatic N) is 3. The van der Waals surface area contributed by atoms with Crippen LogP contribution in [0, 0.1) is 20.2 Å². The summed E-state index contributed by atoms with van der Waals surface area (Å²) in [5, 5.41) is 34.5. The molecule has 0 heterocycles. The van der Waals surface area contributed by atoms with Crippen LogP contribution in [0.1, 0.15) is 5.56 Å². The van der Waals surface area contributed by atoms with E-state index < -0.39 is 22.4 Å². The van der Waals surface area contributed by atoms with Crippen LogP contribution in [0.15, 0.2) is 47.6 Å². The standard InChI is InChI=1S/C15H12N4O7/c20-14-5-4-12(19(24)25)6-10(14)8-16-17-15(21)9-26-13-3-1-2-11(7-13)18(22)23/h1-8,20H,9H2,(H,17,21)/b16-8+. The third-order valence-electron chi connectivity index (χ3n) is 3.01. The smallest absolute Gasteiger partial charge is 0.277 e. The molecular formula is C15H12N4O7. The van der Waals surface area contributed by atoms with Crippen LogP contribution in [-0.2, 0) is 4.79 Å². The highest BCUT2D eigenvalue weighted by Crippen LogP contribution is 2.21. The molecule has 134 valence electrons. The molecule has 0 spiro atoms.